The van der Waals surface area contributed by atoms with Gasteiger partial charge in [-0.25, -0.2) is 4.39 Å². The molecule has 8 nitrogen and oxygen atoms in total. The van der Waals surface area contributed by atoms with Gasteiger partial charge in [0.15, 0.2) is 0 Å². The highest BCUT2D eigenvalue weighted by atomic mass is 19.1. The van der Waals surface area contributed by atoms with E-state index in [4.69, 9.17) is 4.74 Å². The van der Waals surface area contributed by atoms with Gasteiger partial charge in [0.1, 0.15) is 18.1 Å². The molecule has 0 spiro atoms. The molecular weight excluding hydrogens is 461 g/mol. The molecule has 0 bridgehead atoms. The summed E-state index contributed by atoms with van der Waals surface area (Å²) in [5.41, 5.74) is 1.75. The number of halogens is 1. The lowest BCUT2D eigenvalue weighted by Crippen LogP contribution is -2.41. The highest BCUT2D eigenvalue weighted by molar-refractivity contribution is 5.95. The molecule has 9 heteroatoms. The zero-order valence-corrected chi connectivity index (χ0v) is 22.1. The second-order valence-corrected chi connectivity index (χ2v) is 9.82. The first kappa shape index (κ1) is 27.8. The van der Waals surface area contributed by atoms with Crippen LogP contribution in [0.2, 0.25) is 0 Å². The molecule has 0 saturated carbocycles. The first-order valence-corrected chi connectivity index (χ1v) is 12.9. The van der Waals surface area contributed by atoms with Gasteiger partial charge in [-0.15, -0.1) is 0 Å². The van der Waals surface area contributed by atoms with Gasteiger partial charge in [-0.3, -0.25) is 14.3 Å². The van der Waals surface area contributed by atoms with Crippen LogP contribution in [0.25, 0.3) is 0 Å². The summed E-state index contributed by atoms with van der Waals surface area (Å²) in [4.78, 5) is 32.6. The summed E-state index contributed by atoms with van der Waals surface area (Å²) in [6.07, 6.45) is 4.09. The Kier molecular flexibility index (Phi) is 10.4. The van der Waals surface area contributed by atoms with Crippen LogP contribution in [-0.2, 0) is 22.6 Å². The zero-order valence-electron chi connectivity index (χ0n) is 22.1. The fraction of sp³-hybridized carbons (Fsp3) is 0.593. The van der Waals surface area contributed by atoms with E-state index < -0.39 is 5.82 Å². The van der Waals surface area contributed by atoms with Gasteiger partial charge in [-0.05, 0) is 68.1 Å². The number of aromatic nitrogens is 2. The first-order valence-electron chi connectivity index (χ1n) is 12.9. The van der Waals surface area contributed by atoms with Gasteiger partial charge in [0, 0.05) is 51.7 Å². The Hall–Kier alpha value is -2.78. The van der Waals surface area contributed by atoms with E-state index in [1.807, 2.05) is 6.92 Å². The molecule has 2 aromatic rings. The Morgan fingerprint density at radius 2 is 1.86 bits per heavy atom. The topological polar surface area (TPSA) is 70.9 Å². The van der Waals surface area contributed by atoms with Crippen molar-refractivity contribution in [2.24, 2.45) is 5.92 Å². The lowest BCUT2D eigenvalue weighted by molar-refractivity contribution is -0.122. The third-order valence-corrected chi connectivity index (χ3v) is 6.30. The van der Waals surface area contributed by atoms with Gasteiger partial charge in [0.25, 0.3) is 11.8 Å². The lowest BCUT2D eigenvalue weighted by Gasteiger charge is -2.32. The van der Waals surface area contributed by atoms with Crippen molar-refractivity contribution in [1.82, 2.24) is 19.6 Å². The number of aryl methyl sites for hydroxylation is 1. The second-order valence-electron chi connectivity index (χ2n) is 9.82. The van der Waals surface area contributed by atoms with Gasteiger partial charge >= 0.3 is 0 Å². The number of benzene rings is 1. The Balaban J connectivity index is 2.00. The van der Waals surface area contributed by atoms with Gasteiger partial charge in [0.2, 0.25) is 0 Å². The summed E-state index contributed by atoms with van der Waals surface area (Å²) in [5.74, 6) is -0.212. The average Bonchev–Trinajstić information content (AvgIpc) is 3.28. The van der Waals surface area contributed by atoms with E-state index in [0.29, 0.717) is 42.5 Å². The number of fused-ring (bicyclic) bond motifs is 1. The molecule has 1 aromatic carbocycles. The summed E-state index contributed by atoms with van der Waals surface area (Å²) in [6.45, 7) is 10.9. The minimum Gasteiger partial charge on any atom is -0.375 e. The number of carbonyl (C=O) groups excluding carboxylic acids is 2. The Morgan fingerprint density at radius 3 is 2.56 bits per heavy atom. The Labute approximate surface area is 214 Å². The number of anilines is 1. The number of amides is 2. The van der Waals surface area contributed by atoms with Crippen molar-refractivity contribution in [2.75, 3.05) is 51.3 Å². The quantitative estimate of drug-likeness (QED) is 0.577. The van der Waals surface area contributed by atoms with Gasteiger partial charge in [-0.1, -0.05) is 20.8 Å². The molecule has 0 N–H and O–H groups in total. The van der Waals surface area contributed by atoms with Crippen molar-refractivity contribution in [3.8, 4) is 0 Å². The van der Waals surface area contributed by atoms with Crippen LogP contribution in [-0.4, -0.2) is 77.8 Å². The highest BCUT2D eigenvalue weighted by Crippen LogP contribution is 2.26. The lowest BCUT2D eigenvalue weighted by atomic mass is 10.1. The number of methoxy groups -OCH3 is 1. The third-order valence-electron chi connectivity index (χ3n) is 6.30. The summed E-state index contributed by atoms with van der Waals surface area (Å²) in [5, 5.41) is 4.32. The second kappa shape index (κ2) is 13.5. The van der Waals surface area contributed by atoms with E-state index in [0.717, 1.165) is 38.9 Å². The van der Waals surface area contributed by atoms with Crippen LogP contribution in [0.4, 0.5) is 10.1 Å². The van der Waals surface area contributed by atoms with Crippen LogP contribution < -0.4 is 4.90 Å². The number of hydrogen-bond acceptors (Lipinski definition) is 5. The van der Waals surface area contributed by atoms with Crippen LogP contribution in [0.1, 0.15) is 56.1 Å². The molecule has 3 rings (SSSR count). The number of rotatable bonds is 7. The number of hydrogen-bond donors (Lipinski definition) is 0. The minimum absolute atomic E-state index is 0.0641. The van der Waals surface area contributed by atoms with Crippen LogP contribution in [0, 0.1) is 11.7 Å². The largest absolute Gasteiger partial charge is 0.375 e. The standard InChI is InChI=1S/C27H40FN5O3/c1-5-12-33-25(10-11-29-33)27(35)31-15-6-13-30(18-21(2)3)14-7-16-32(26(34)20-36-4)24-9-8-23(28)17-22(24)19-31/h8-11,17,21H,5-7,12-16,18-20H2,1-4H3. The van der Waals surface area contributed by atoms with Crippen molar-refractivity contribution in [3.05, 3.63) is 47.5 Å². The van der Waals surface area contributed by atoms with Crippen LogP contribution in [0.3, 0.4) is 0 Å². The Bertz CT molecular complexity index is 1010. The van der Waals surface area contributed by atoms with E-state index in [-0.39, 0.29) is 25.0 Å². The van der Waals surface area contributed by atoms with E-state index in [1.54, 1.807) is 32.8 Å². The Morgan fingerprint density at radius 1 is 1.11 bits per heavy atom. The minimum atomic E-state index is -0.397. The van der Waals surface area contributed by atoms with Crippen molar-refractivity contribution in [3.63, 3.8) is 0 Å². The zero-order chi connectivity index (χ0) is 26.1. The number of nitrogens with zero attached hydrogens (tertiary/aromatic N) is 5. The molecule has 1 aliphatic heterocycles. The summed E-state index contributed by atoms with van der Waals surface area (Å²) >= 11 is 0. The van der Waals surface area contributed by atoms with Crippen molar-refractivity contribution in [2.45, 2.75) is 53.1 Å². The molecule has 198 valence electrons. The first-order chi connectivity index (χ1) is 17.3. The molecule has 0 atom stereocenters. The monoisotopic (exact) mass is 501 g/mol. The van der Waals surface area contributed by atoms with Gasteiger partial charge < -0.3 is 19.4 Å². The molecule has 0 aliphatic carbocycles. The summed E-state index contributed by atoms with van der Waals surface area (Å²) in [7, 11) is 1.49. The van der Waals surface area contributed by atoms with Crippen molar-refractivity contribution < 1.29 is 18.7 Å². The molecule has 2 amide bonds. The number of ether oxygens (including phenoxy) is 1. The van der Waals surface area contributed by atoms with E-state index in [1.165, 1.54) is 19.2 Å². The summed E-state index contributed by atoms with van der Waals surface area (Å²) in [6, 6.07) is 6.17. The molecule has 2 heterocycles. The highest BCUT2D eigenvalue weighted by Gasteiger charge is 2.25. The maximum Gasteiger partial charge on any atom is 0.272 e. The van der Waals surface area contributed by atoms with Crippen molar-refractivity contribution >= 4 is 17.5 Å². The molecule has 36 heavy (non-hydrogen) atoms. The predicted octanol–water partition coefficient (Wildman–Crippen LogP) is 3.81. The normalized spacial score (nSPS) is 15.9. The number of carbonyl (C=O) groups is 2. The van der Waals surface area contributed by atoms with E-state index >= 15 is 0 Å². The fourth-order valence-electron chi connectivity index (χ4n) is 4.80. The molecule has 1 aromatic heterocycles. The molecule has 0 unspecified atom stereocenters. The van der Waals surface area contributed by atoms with Crippen LogP contribution in [0.15, 0.2) is 30.5 Å². The third kappa shape index (κ3) is 7.36. The predicted molar refractivity (Wildman–Crippen MR) is 138 cm³/mol. The molecule has 0 fully saturated rings. The smallest absolute Gasteiger partial charge is 0.272 e. The van der Waals surface area contributed by atoms with E-state index in [2.05, 4.69) is 23.8 Å². The van der Waals surface area contributed by atoms with E-state index in [9.17, 15) is 14.0 Å². The molecule has 0 saturated heterocycles. The average molecular weight is 502 g/mol. The van der Waals surface area contributed by atoms with Gasteiger partial charge in [-0.2, -0.15) is 5.10 Å². The fourth-order valence-corrected chi connectivity index (χ4v) is 4.80. The molecule has 1 aliphatic rings. The van der Waals surface area contributed by atoms with Crippen molar-refractivity contribution in [1.29, 1.82) is 0 Å². The van der Waals surface area contributed by atoms with Crippen LogP contribution >= 0.6 is 0 Å². The molecular formula is C27H40FN5O3. The molecule has 0 radical (unpaired) electrons. The van der Waals surface area contributed by atoms with Crippen LogP contribution in [0.5, 0.6) is 0 Å². The summed E-state index contributed by atoms with van der Waals surface area (Å²) < 4.78 is 21.3. The maximum absolute atomic E-state index is 14.4. The SMILES string of the molecule is CCCn1nccc1C(=O)N1CCCN(CC(C)C)CCCN(C(=O)COC)c2ccc(F)cc2C1. The maximum atomic E-state index is 14.4. The van der Waals surface area contributed by atoms with Gasteiger partial charge in [0.05, 0.1) is 0 Å².